The lowest BCUT2D eigenvalue weighted by Gasteiger charge is -2.09. The Morgan fingerprint density at radius 3 is 2.83 bits per heavy atom. The molecule has 0 bridgehead atoms. The Hall–Kier alpha value is -3.16. The quantitative estimate of drug-likeness (QED) is 0.649. The van der Waals surface area contributed by atoms with E-state index in [9.17, 15) is 9.59 Å². The van der Waals surface area contributed by atoms with Crippen molar-refractivity contribution < 1.29 is 9.90 Å². The first-order valence-corrected chi connectivity index (χ1v) is 7.03. The zero-order chi connectivity index (χ0) is 16.4. The van der Waals surface area contributed by atoms with Gasteiger partial charge in [0.15, 0.2) is 11.2 Å². The lowest BCUT2D eigenvalue weighted by molar-refractivity contribution is -0.137. The Labute approximate surface area is 130 Å². The molecular weight excluding hydrogens is 298 g/mol. The molecule has 0 fully saturated rings. The molecule has 3 N–H and O–H groups in total. The highest BCUT2D eigenvalue weighted by Crippen LogP contribution is 2.11. The molecule has 0 aliphatic carbocycles. The van der Waals surface area contributed by atoms with E-state index in [1.807, 2.05) is 30.3 Å². The minimum Gasteiger partial charge on any atom is -0.480 e. The van der Waals surface area contributed by atoms with Crippen LogP contribution in [-0.2, 0) is 11.3 Å². The molecule has 8 nitrogen and oxygen atoms in total. The molecule has 1 aromatic carbocycles. The highest BCUT2D eigenvalue weighted by Gasteiger charge is 2.15. The van der Waals surface area contributed by atoms with Crippen LogP contribution >= 0.6 is 0 Å². The van der Waals surface area contributed by atoms with Crippen LogP contribution in [0.25, 0.3) is 11.2 Å². The van der Waals surface area contributed by atoms with Crippen molar-refractivity contribution in [3.05, 3.63) is 52.6 Å². The number of H-pyrrole nitrogens is 1. The fraction of sp³-hybridized carbons (Fsp3) is 0.200. The topological polar surface area (TPSA) is 113 Å². The Kier molecular flexibility index (Phi) is 3.80. The van der Waals surface area contributed by atoms with Crippen LogP contribution < -0.4 is 10.9 Å². The van der Waals surface area contributed by atoms with Gasteiger partial charge in [-0.1, -0.05) is 30.3 Å². The minimum atomic E-state index is -1.04. The first kappa shape index (κ1) is 14.8. The van der Waals surface area contributed by atoms with Crippen molar-refractivity contribution in [1.82, 2.24) is 19.5 Å². The number of nitrogens with zero attached hydrogens (tertiary/aromatic N) is 3. The summed E-state index contributed by atoms with van der Waals surface area (Å²) in [5.74, 6) is -0.954. The van der Waals surface area contributed by atoms with Gasteiger partial charge in [0.2, 0.25) is 5.95 Å². The van der Waals surface area contributed by atoms with Crippen molar-refractivity contribution in [1.29, 1.82) is 0 Å². The third kappa shape index (κ3) is 3.05. The summed E-state index contributed by atoms with van der Waals surface area (Å²) in [6.45, 7) is 1.96. The Bertz CT molecular complexity index is 900. The van der Waals surface area contributed by atoms with Gasteiger partial charge < -0.3 is 15.0 Å². The van der Waals surface area contributed by atoms with Crippen LogP contribution in [0.4, 0.5) is 5.95 Å². The summed E-state index contributed by atoms with van der Waals surface area (Å²) in [7, 11) is 0. The summed E-state index contributed by atoms with van der Waals surface area (Å²) in [4.78, 5) is 34.0. The van der Waals surface area contributed by atoms with Crippen molar-refractivity contribution in [2.45, 2.75) is 19.5 Å². The van der Waals surface area contributed by atoms with Gasteiger partial charge in [-0.25, -0.2) is 4.98 Å². The molecule has 0 aliphatic heterocycles. The zero-order valence-electron chi connectivity index (χ0n) is 12.4. The lowest BCUT2D eigenvalue weighted by Crippen LogP contribution is -2.28. The average molecular weight is 313 g/mol. The van der Waals surface area contributed by atoms with Gasteiger partial charge in [-0.15, -0.1) is 0 Å². The number of fused-ring (bicyclic) bond motifs is 1. The van der Waals surface area contributed by atoms with Crippen LogP contribution in [0.3, 0.4) is 0 Å². The number of hydrogen-bond donors (Lipinski definition) is 3. The first-order chi connectivity index (χ1) is 11.0. The SMILES string of the molecule is C[C@@H](Nc1nc2ncn(Cc3ccccc3)c2c(=O)[nH]1)C(=O)O. The molecule has 0 unspecified atom stereocenters. The number of aliphatic carboxylic acids is 1. The molecule has 8 heteroatoms. The number of benzene rings is 1. The molecule has 3 rings (SSSR count). The third-order valence-corrected chi connectivity index (χ3v) is 3.40. The summed E-state index contributed by atoms with van der Waals surface area (Å²) >= 11 is 0. The van der Waals surface area contributed by atoms with Gasteiger partial charge in [0.1, 0.15) is 6.04 Å². The molecule has 0 saturated heterocycles. The molecule has 3 aromatic rings. The smallest absolute Gasteiger partial charge is 0.325 e. The number of aromatic nitrogens is 4. The van der Waals surface area contributed by atoms with Gasteiger partial charge in [-0.2, -0.15) is 4.98 Å². The molecule has 2 heterocycles. The third-order valence-electron chi connectivity index (χ3n) is 3.40. The first-order valence-electron chi connectivity index (χ1n) is 7.03. The van der Waals surface area contributed by atoms with E-state index in [2.05, 4.69) is 20.3 Å². The van der Waals surface area contributed by atoms with E-state index in [0.29, 0.717) is 12.1 Å². The standard InChI is InChI=1S/C15H15N5O3/c1-9(14(22)23)17-15-18-12-11(13(21)19-15)20(8-16-12)7-10-5-3-2-4-6-10/h2-6,8-9H,7H2,1H3,(H,22,23)(H2,17,18,19,21)/t9-/m1/s1. The minimum absolute atomic E-state index is 0.0855. The van der Waals surface area contributed by atoms with Crippen LogP contribution in [0.2, 0.25) is 0 Å². The molecule has 0 spiro atoms. The van der Waals surface area contributed by atoms with Crippen molar-refractivity contribution in [3.63, 3.8) is 0 Å². The van der Waals surface area contributed by atoms with E-state index >= 15 is 0 Å². The molecule has 0 amide bonds. The van der Waals surface area contributed by atoms with Gasteiger partial charge >= 0.3 is 5.97 Å². The number of carboxylic acids is 1. The summed E-state index contributed by atoms with van der Waals surface area (Å²) < 4.78 is 1.71. The maximum Gasteiger partial charge on any atom is 0.325 e. The summed E-state index contributed by atoms with van der Waals surface area (Å²) in [5, 5.41) is 11.5. The lowest BCUT2D eigenvalue weighted by atomic mass is 10.2. The van der Waals surface area contributed by atoms with E-state index < -0.39 is 12.0 Å². The fourth-order valence-electron chi connectivity index (χ4n) is 2.22. The average Bonchev–Trinajstić information content (AvgIpc) is 2.91. The van der Waals surface area contributed by atoms with Crippen molar-refractivity contribution in [2.24, 2.45) is 0 Å². The van der Waals surface area contributed by atoms with Gasteiger partial charge in [-0.05, 0) is 12.5 Å². The van der Waals surface area contributed by atoms with Crippen molar-refractivity contribution in [3.8, 4) is 0 Å². The Morgan fingerprint density at radius 1 is 1.39 bits per heavy atom. The summed E-state index contributed by atoms with van der Waals surface area (Å²) in [6.07, 6.45) is 1.55. The molecule has 0 saturated carbocycles. The van der Waals surface area contributed by atoms with Gasteiger partial charge in [0.05, 0.1) is 6.33 Å². The molecule has 23 heavy (non-hydrogen) atoms. The molecule has 1 atom stereocenters. The molecule has 0 aliphatic rings. The highest BCUT2D eigenvalue weighted by atomic mass is 16.4. The van der Waals surface area contributed by atoms with Crippen molar-refractivity contribution >= 4 is 23.1 Å². The van der Waals surface area contributed by atoms with E-state index in [1.165, 1.54) is 6.92 Å². The maximum absolute atomic E-state index is 12.3. The zero-order valence-corrected chi connectivity index (χ0v) is 12.4. The van der Waals surface area contributed by atoms with Crippen LogP contribution in [0.5, 0.6) is 0 Å². The highest BCUT2D eigenvalue weighted by molar-refractivity contribution is 5.77. The number of anilines is 1. The normalized spacial score (nSPS) is 12.2. The van der Waals surface area contributed by atoms with E-state index in [0.717, 1.165) is 5.56 Å². The monoisotopic (exact) mass is 313 g/mol. The second kappa shape index (κ2) is 5.91. The number of carbonyl (C=O) groups is 1. The van der Waals surface area contributed by atoms with E-state index in [-0.39, 0.29) is 17.2 Å². The number of hydrogen-bond acceptors (Lipinski definition) is 5. The molecular formula is C15H15N5O3. The predicted octanol–water partition coefficient (Wildman–Crippen LogP) is 1.05. The Morgan fingerprint density at radius 2 is 2.13 bits per heavy atom. The largest absolute Gasteiger partial charge is 0.480 e. The molecule has 2 aromatic heterocycles. The van der Waals surface area contributed by atoms with Gasteiger partial charge in [-0.3, -0.25) is 14.6 Å². The van der Waals surface area contributed by atoms with E-state index in [4.69, 9.17) is 5.11 Å². The van der Waals surface area contributed by atoms with Crippen LogP contribution in [0, 0.1) is 0 Å². The second-order valence-corrected chi connectivity index (χ2v) is 5.15. The summed E-state index contributed by atoms with van der Waals surface area (Å²) in [6, 6.07) is 8.81. The van der Waals surface area contributed by atoms with Crippen molar-refractivity contribution in [2.75, 3.05) is 5.32 Å². The maximum atomic E-state index is 12.3. The fourth-order valence-corrected chi connectivity index (χ4v) is 2.22. The van der Waals surface area contributed by atoms with E-state index in [1.54, 1.807) is 10.9 Å². The van der Waals surface area contributed by atoms with Crippen LogP contribution in [-0.4, -0.2) is 36.6 Å². The number of rotatable bonds is 5. The number of aromatic amines is 1. The van der Waals surface area contributed by atoms with Crippen LogP contribution in [0.15, 0.2) is 41.5 Å². The van der Waals surface area contributed by atoms with Gasteiger partial charge in [0.25, 0.3) is 5.56 Å². The molecule has 0 radical (unpaired) electrons. The van der Waals surface area contributed by atoms with Gasteiger partial charge in [0, 0.05) is 6.54 Å². The summed E-state index contributed by atoms with van der Waals surface area (Å²) in [5.41, 5.74) is 1.28. The van der Waals surface area contributed by atoms with Crippen LogP contribution in [0.1, 0.15) is 12.5 Å². The molecule has 118 valence electrons. The second-order valence-electron chi connectivity index (χ2n) is 5.15. The Balaban J connectivity index is 1.95. The number of carboxylic acid groups (broad SMARTS) is 1. The predicted molar refractivity (Wildman–Crippen MR) is 84.4 cm³/mol. The number of imidazole rings is 1. The number of nitrogens with one attached hydrogen (secondary N) is 2.